The van der Waals surface area contributed by atoms with Crippen LogP contribution in [0, 0.1) is 12.3 Å². The normalized spacial score (nSPS) is 24.2. The Balaban J connectivity index is 1.42. The number of rotatable bonds is 4. The Kier molecular flexibility index (Phi) is 5.09. The van der Waals surface area contributed by atoms with Crippen molar-refractivity contribution in [3.63, 3.8) is 0 Å². The van der Waals surface area contributed by atoms with E-state index in [9.17, 15) is 0 Å². The molecule has 1 aromatic heterocycles. The molecular weight excluding hydrogens is 324 g/mol. The predicted octanol–water partition coefficient (Wildman–Crippen LogP) is 3.47. The highest BCUT2D eigenvalue weighted by Gasteiger charge is 2.41. The molecule has 0 radical (unpaired) electrons. The van der Waals surface area contributed by atoms with E-state index in [1.165, 1.54) is 37.9 Å². The van der Waals surface area contributed by atoms with Gasteiger partial charge in [0.2, 0.25) is 11.8 Å². The highest BCUT2D eigenvalue weighted by Crippen LogP contribution is 2.45. The Labute approximate surface area is 156 Å². The molecule has 1 atom stereocenters. The van der Waals surface area contributed by atoms with Gasteiger partial charge in [-0.25, -0.2) is 0 Å². The van der Waals surface area contributed by atoms with Gasteiger partial charge in [-0.15, -0.1) is 10.2 Å². The largest absolute Gasteiger partial charge is 0.424 e. The number of nitrogens with zero attached hydrogens (tertiary/aromatic N) is 4. The maximum atomic E-state index is 5.56. The highest BCUT2D eigenvalue weighted by atomic mass is 16.4. The van der Waals surface area contributed by atoms with E-state index in [1.54, 1.807) is 0 Å². The molecule has 0 amide bonds. The van der Waals surface area contributed by atoms with Crippen molar-refractivity contribution in [3.05, 3.63) is 47.7 Å². The first-order valence-electron chi connectivity index (χ1n) is 9.94. The van der Waals surface area contributed by atoms with Gasteiger partial charge in [0.1, 0.15) is 0 Å². The molecule has 5 nitrogen and oxygen atoms in total. The Morgan fingerprint density at radius 1 is 1.12 bits per heavy atom. The van der Waals surface area contributed by atoms with Crippen molar-refractivity contribution in [1.29, 1.82) is 0 Å². The molecule has 2 aliphatic heterocycles. The van der Waals surface area contributed by atoms with Crippen LogP contribution in [0.2, 0.25) is 0 Å². The van der Waals surface area contributed by atoms with Crippen molar-refractivity contribution in [3.8, 4) is 0 Å². The molecule has 0 bridgehead atoms. The van der Waals surface area contributed by atoms with E-state index in [4.69, 9.17) is 4.42 Å². The Morgan fingerprint density at radius 2 is 1.88 bits per heavy atom. The lowest BCUT2D eigenvalue weighted by Gasteiger charge is -2.50. The third kappa shape index (κ3) is 3.84. The molecule has 5 heteroatoms. The van der Waals surface area contributed by atoms with Gasteiger partial charge in [0.15, 0.2) is 0 Å². The maximum Gasteiger partial charge on any atom is 0.230 e. The van der Waals surface area contributed by atoms with Gasteiger partial charge in [-0.3, -0.25) is 4.90 Å². The third-order valence-electron chi connectivity index (χ3n) is 6.28. The molecule has 1 spiro atoms. The zero-order valence-corrected chi connectivity index (χ0v) is 16.0. The van der Waals surface area contributed by atoms with Gasteiger partial charge in [-0.2, -0.15) is 0 Å². The minimum absolute atomic E-state index is 0.454. The smallest absolute Gasteiger partial charge is 0.230 e. The molecule has 0 unspecified atom stereocenters. The number of hydrogen-bond acceptors (Lipinski definition) is 5. The number of aromatic nitrogens is 2. The van der Waals surface area contributed by atoms with E-state index in [1.807, 2.05) is 6.92 Å². The monoisotopic (exact) mass is 354 g/mol. The van der Waals surface area contributed by atoms with Crippen LogP contribution >= 0.6 is 0 Å². The Hall–Kier alpha value is -1.72. The molecular formula is C21H30N4O. The van der Waals surface area contributed by atoms with Crippen molar-refractivity contribution in [2.45, 2.75) is 45.6 Å². The van der Waals surface area contributed by atoms with Gasteiger partial charge >= 0.3 is 0 Å². The van der Waals surface area contributed by atoms with Crippen molar-refractivity contribution < 1.29 is 4.42 Å². The second-order valence-electron chi connectivity index (χ2n) is 8.13. The maximum absolute atomic E-state index is 5.56. The summed E-state index contributed by atoms with van der Waals surface area (Å²) in [6.45, 7) is 10.8. The molecule has 140 valence electrons. The zero-order valence-electron chi connectivity index (χ0n) is 16.0. The molecule has 0 aliphatic carbocycles. The van der Waals surface area contributed by atoms with Gasteiger partial charge in [0.25, 0.3) is 0 Å². The molecule has 0 N–H and O–H groups in total. The molecule has 4 rings (SSSR count). The lowest BCUT2D eigenvalue weighted by molar-refractivity contribution is 0.0117. The van der Waals surface area contributed by atoms with Gasteiger partial charge in [0.05, 0.1) is 6.54 Å². The Bertz CT molecular complexity index is 706. The first-order valence-corrected chi connectivity index (χ1v) is 9.94. The summed E-state index contributed by atoms with van der Waals surface area (Å²) in [5.41, 5.74) is 1.96. The van der Waals surface area contributed by atoms with Crippen LogP contribution in [0.1, 0.15) is 49.4 Å². The van der Waals surface area contributed by atoms with E-state index in [2.05, 4.69) is 57.3 Å². The molecule has 2 saturated heterocycles. The molecule has 26 heavy (non-hydrogen) atoms. The van der Waals surface area contributed by atoms with E-state index >= 15 is 0 Å². The quantitative estimate of drug-likeness (QED) is 0.841. The summed E-state index contributed by atoms with van der Waals surface area (Å²) in [4.78, 5) is 5.14. The molecule has 0 saturated carbocycles. The van der Waals surface area contributed by atoms with Crippen LogP contribution in [-0.2, 0) is 6.54 Å². The van der Waals surface area contributed by atoms with E-state index in [-0.39, 0.29) is 0 Å². The van der Waals surface area contributed by atoms with Crippen LogP contribution in [0.4, 0.5) is 0 Å². The fourth-order valence-electron chi connectivity index (χ4n) is 4.83. The molecule has 2 fully saturated rings. The number of piperidine rings is 2. The minimum atomic E-state index is 0.454. The van der Waals surface area contributed by atoms with Gasteiger partial charge in [0, 0.05) is 20.0 Å². The summed E-state index contributed by atoms with van der Waals surface area (Å²) >= 11 is 0. The first kappa shape index (κ1) is 17.7. The van der Waals surface area contributed by atoms with E-state index in [0.29, 0.717) is 17.2 Å². The topological polar surface area (TPSA) is 45.4 Å². The lowest BCUT2D eigenvalue weighted by atomic mass is 9.68. The lowest BCUT2D eigenvalue weighted by Crippen LogP contribution is -2.51. The van der Waals surface area contributed by atoms with Crippen molar-refractivity contribution in [1.82, 2.24) is 20.0 Å². The average molecular weight is 354 g/mol. The van der Waals surface area contributed by atoms with Crippen LogP contribution in [-0.4, -0.2) is 52.7 Å². The third-order valence-corrected chi connectivity index (χ3v) is 6.28. The molecule has 2 aromatic rings. The summed E-state index contributed by atoms with van der Waals surface area (Å²) in [6.07, 6.45) is 3.85. The van der Waals surface area contributed by atoms with Crippen molar-refractivity contribution in [2.75, 3.05) is 32.7 Å². The second-order valence-corrected chi connectivity index (χ2v) is 8.13. The standard InChI is InChI=1S/C21H30N4O/c1-3-24-14-19(18-7-5-4-6-8-18)13-21(16-24)9-11-25(12-10-21)15-20-23-22-17(2)26-20/h4-8,19H,3,9-16H2,1-2H3/t19-/m0/s1. The summed E-state index contributed by atoms with van der Waals surface area (Å²) < 4.78 is 5.56. The predicted molar refractivity (Wildman–Crippen MR) is 102 cm³/mol. The summed E-state index contributed by atoms with van der Waals surface area (Å²) in [7, 11) is 0. The minimum Gasteiger partial charge on any atom is -0.424 e. The molecule has 2 aliphatic rings. The summed E-state index contributed by atoms with van der Waals surface area (Å²) in [6, 6.07) is 11.1. The Morgan fingerprint density at radius 3 is 2.54 bits per heavy atom. The van der Waals surface area contributed by atoms with Crippen LogP contribution in [0.15, 0.2) is 34.7 Å². The van der Waals surface area contributed by atoms with Crippen LogP contribution in [0.3, 0.4) is 0 Å². The van der Waals surface area contributed by atoms with E-state index < -0.39 is 0 Å². The number of likely N-dealkylation sites (N-methyl/N-ethyl adjacent to an activating group) is 1. The van der Waals surface area contributed by atoms with Gasteiger partial charge in [-0.1, -0.05) is 37.3 Å². The van der Waals surface area contributed by atoms with Crippen molar-refractivity contribution in [2.24, 2.45) is 5.41 Å². The van der Waals surface area contributed by atoms with Crippen LogP contribution in [0.25, 0.3) is 0 Å². The first-order chi connectivity index (χ1) is 12.7. The highest BCUT2D eigenvalue weighted by molar-refractivity contribution is 5.21. The average Bonchev–Trinajstić information content (AvgIpc) is 3.09. The molecule has 1 aromatic carbocycles. The molecule has 3 heterocycles. The fourth-order valence-corrected chi connectivity index (χ4v) is 4.83. The number of likely N-dealkylation sites (tertiary alicyclic amines) is 2. The van der Waals surface area contributed by atoms with Crippen molar-refractivity contribution >= 4 is 0 Å². The fraction of sp³-hybridized carbons (Fsp3) is 0.619. The van der Waals surface area contributed by atoms with Gasteiger partial charge in [-0.05, 0) is 55.8 Å². The summed E-state index contributed by atoms with van der Waals surface area (Å²) in [5, 5.41) is 8.10. The summed E-state index contributed by atoms with van der Waals surface area (Å²) in [5.74, 6) is 2.07. The number of benzene rings is 1. The SMILES string of the molecule is CCN1C[C@@H](c2ccccc2)CC2(CCN(Cc3nnc(C)o3)CC2)C1. The number of hydrogen-bond donors (Lipinski definition) is 0. The van der Waals surface area contributed by atoms with Crippen LogP contribution in [0.5, 0.6) is 0 Å². The zero-order chi connectivity index (χ0) is 18.0. The van der Waals surface area contributed by atoms with E-state index in [0.717, 1.165) is 32.1 Å². The van der Waals surface area contributed by atoms with Crippen LogP contribution < -0.4 is 0 Å². The second kappa shape index (κ2) is 7.49. The number of aryl methyl sites for hydroxylation is 1. The van der Waals surface area contributed by atoms with Gasteiger partial charge < -0.3 is 9.32 Å².